The topological polar surface area (TPSA) is 41.7 Å². The van der Waals surface area contributed by atoms with Crippen molar-refractivity contribution in [1.82, 2.24) is 9.80 Å². The zero-order valence-electron chi connectivity index (χ0n) is 12.9. The summed E-state index contributed by atoms with van der Waals surface area (Å²) in [4.78, 5) is 5.00. The van der Waals surface area contributed by atoms with E-state index in [-0.39, 0.29) is 5.54 Å². The molecule has 4 nitrogen and oxygen atoms in total. The fourth-order valence-electron chi connectivity index (χ4n) is 3.86. The second-order valence-electron chi connectivity index (χ2n) is 6.66. The number of nitrogens with zero attached hydrogens (tertiary/aromatic N) is 2. The Morgan fingerprint density at radius 3 is 2.47 bits per heavy atom. The van der Waals surface area contributed by atoms with Gasteiger partial charge in [0.05, 0.1) is 6.10 Å². The fourth-order valence-corrected chi connectivity index (χ4v) is 3.86. The van der Waals surface area contributed by atoms with Gasteiger partial charge in [0.2, 0.25) is 0 Å². The number of methoxy groups -OCH3 is 1. The molecule has 0 amide bonds. The van der Waals surface area contributed by atoms with E-state index < -0.39 is 0 Å². The third-order valence-corrected chi connectivity index (χ3v) is 5.41. The largest absolute Gasteiger partial charge is 0.381 e. The minimum absolute atomic E-state index is 0.218. The Kier molecular flexibility index (Phi) is 5.23. The van der Waals surface area contributed by atoms with E-state index in [9.17, 15) is 0 Å². The van der Waals surface area contributed by atoms with Crippen molar-refractivity contribution >= 4 is 0 Å². The molecule has 19 heavy (non-hydrogen) atoms. The van der Waals surface area contributed by atoms with E-state index in [2.05, 4.69) is 23.9 Å². The molecular formula is C15H31N3O. The van der Waals surface area contributed by atoms with Crippen molar-refractivity contribution in [2.75, 3.05) is 47.4 Å². The van der Waals surface area contributed by atoms with Gasteiger partial charge in [-0.3, -0.25) is 4.90 Å². The van der Waals surface area contributed by atoms with Gasteiger partial charge in [0, 0.05) is 32.3 Å². The van der Waals surface area contributed by atoms with Crippen molar-refractivity contribution in [1.29, 1.82) is 0 Å². The highest BCUT2D eigenvalue weighted by Crippen LogP contribution is 2.34. The lowest BCUT2D eigenvalue weighted by molar-refractivity contribution is -0.00116. The van der Waals surface area contributed by atoms with Gasteiger partial charge in [-0.05, 0) is 58.7 Å². The van der Waals surface area contributed by atoms with Crippen LogP contribution in [0.1, 0.15) is 32.1 Å². The maximum absolute atomic E-state index is 6.13. The van der Waals surface area contributed by atoms with Crippen molar-refractivity contribution in [3.8, 4) is 0 Å². The Bertz CT molecular complexity index is 277. The minimum atomic E-state index is 0.218. The number of hydrogen-bond donors (Lipinski definition) is 1. The minimum Gasteiger partial charge on any atom is -0.381 e. The summed E-state index contributed by atoms with van der Waals surface area (Å²) in [6.07, 6.45) is 6.46. The van der Waals surface area contributed by atoms with Crippen molar-refractivity contribution in [2.45, 2.75) is 43.7 Å². The maximum atomic E-state index is 6.13. The molecule has 1 heterocycles. The summed E-state index contributed by atoms with van der Waals surface area (Å²) in [6.45, 7) is 4.47. The smallest absolute Gasteiger partial charge is 0.0572 e. The van der Waals surface area contributed by atoms with Gasteiger partial charge in [0.1, 0.15) is 0 Å². The first kappa shape index (κ1) is 15.2. The summed E-state index contributed by atoms with van der Waals surface area (Å²) in [7, 11) is 6.33. The molecule has 1 aliphatic heterocycles. The average Bonchev–Trinajstić information content (AvgIpc) is 2.84. The third kappa shape index (κ3) is 3.48. The van der Waals surface area contributed by atoms with Crippen molar-refractivity contribution in [2.24, 2.45) is 11.7 Å². The Balaban J connectivity index is 1.89. The number of likely N-dealkylation sites (N-methyl/N-ethyl adjacent to an activating group) is 1. The van der Waals surface area contributed by atoms with Crippen molar-refractivity contribution < 1.29 is 4.74 Å². The molecule has 0 bridgehead atoms. The molecule has 2 aliphatic rings. The summed E-state index contributed by atoms with van der Waals surface area (Å²) < 4.78 is 5.49. The van der Waals surface area contributed by atoms with E-state index in [4.69, 9.17) is 10.5 Å². The standard InChI is InChI=1S/C15H31N3O/c1-17-9-6-13(10-17)11-18(2)15(12-16)7-4-14(19-3)5-8-15/h13-14H,4-12,16H2,1-3H3. The highest BCUT2D eigenvalue weighted by Gasteiger charge is 2.38. The van der Waals surface area contributed by atoms with Crippen LogP contribution in [0.25, 0.3) is 0 Å². The van der Waals surface area contributed by atoms with Gasteiger partial charge in [-0.1, -0.05) is 0 Å². The van der Waals surface area contributed by atoms with Gasteiger partial charge < -0.3 is 15.4 Å². The Morgan fingerprint density at radius 2 is 2.00 bits per heavy atom. The summed E-state index contributed by atoms with van der Waals surface area (Å²) in [5.74, 6) is 0.818. The van der Waals surface area contributed by atoms with Crippen LogP contribution in [-0.2, 0) is 4.74 Å². The van der Waals surface area contributed by atoms with Gasteiger partial charge in [-0.2, -0.15) is 0 Å². The predicted molar refractivity (Wildman–Crippen MR) is 79.3 cm³/mol. The van der Waals surface area contributed by atoms with E-state index in [1.807, 2.05) is 7.11 Å². The molecular weight excluding hydrogens is 238 g/mol. The van der Waals surface area contributed by atoms with Crippen LogP contribution in [0, 0.1) is 5.92 Å². The van der Waals surface area contributed by atoms with Crippen molar-refractivity contribution in [3.63, 3.8) is 0 Å². The number of likely N-dealkylation sites (tertiary alicyclic amines) is 1. The lowest BCUT2D eigenvalue weighted by Gasteiger charge is -2.46. The highest BCUT2D eigenvalue weighted by atomic mass is 16.5. The molecule has 4 heteroatoms. The van der Waals surface area contributed by atoms with E-state index >= 15 is 0 Å². The van der Waals surface area contributed by atoms with Crippen LogP contribution in [0.2, 0.25) is 0 Å². The van der Waals surface area contributed by atoms with Crippen LogP contribution >= 0.6 is 0 Å². The van der Waals surface area contributed by atoms with Gasteiger partial charge in [-0.25, -0.2) is 0 Å². The molecule has 0 radical (unpaired) electrons. The summed E-state index contributed by atoms with van der Waals surface area (Å²) in [5, 5.41) is 0. The molecule has 2 fully saturated rings. The van der Waals surface area contributed by atoms with Gasteiger partial charge in [0.15, 0.2) is 0 Å². The van der Waals surface area contributed by atoms with Gasteiger partial charge in [-0.15, -0.1) is 0 Å². The molecule has 0 spiro atoms. The van der Waals surface area contributed by atoms with E-state index in [1.54, 1.807) is 0 Å². The summed E-state index contributed by atoms with van der Waals surface area (Å²) >= 11 is 0. The van der Waals surface area contributed by atoms with Crippen LogP contribution in [0.5, 0.6) is 0 Å². The summed E-state index contributed by atoms with van der Waals surface area (Å²) in [5.41, 5.74) is 6.35. The van der Waals surface area contributed by atoms with Crippen LogP contribution in [-0.4, -0.2) is 68.8 Å². The number of ether oxygens (including phenoxy) is 1. The molecule has 0 aromatic heterocycles. The molecule has 1 unspecified atom stereocenters. The second kappa shape index (κ2) is 6.53. The number of nitrogens with two attached hydrogens (primary N) is 1. The fraction of sp³-hybridized carbons (Fsp3) is 1.00. The molecule has 2 N–H and O–H groups in total. The van der Waals surface area contributed by atoms with Crippen LogP contribution in [0.3, 0.4) is 0 Å². The molecule has 1 saturated carbocycles. The van der Waals surface area contributed by atoms with Gasteiger partial charge in [0.25, 0.3) is 0 Å². The second-order valence-corrected chi connectivity index (χ2v) is 6.66. The van der Waals surface area contributed by atoms with E-state index in [0.717, 1.165) is 25.3 Å². The monoisotopic (exact) mass is 269 g/mol. The van der Waals surface area contributed by atoms with Crippen LogP contribution in [0.4, 0.5) is 0 Å². The Labute approximate surface area is 118 Å². The van der Waals surface area contributed by atoms with Crippen LogP contribution < -0.4 is 5.73 Å². The lowest BCUT2D eigenvalue weighted by Crippen LogP contribution is -2.56. The first-order valence-electron chi connectivity index (χ1n) is 7.72. The number of hydrogen-bond acceptors (Lipinski definition) is 4. The normalized spacial score (nSPS) is 37.1. The van der Waals surface area contributed by atoms with E-state index in [0.29, 0.717) is 6.10 Å². The molecule has 1 atom stereocenters. The number of rotatable bonds is 5. The first-order valence-corrected chi connectivity index (χ1v) is 7.72. The first-order chi connectivity index (χ1) is 9.09. The zero-order chi connectivity index (χ0) is 13.9. The molecule has 2 rings (SSSR count). The molecule has 112 valence electrons. The maximum Gasteiger partial charge on any atom is 0.0572 e. The predicted octanol–water partition coefficient (Wildman–Crippen LogP) is 1.16. The highest BCUT2D eigenvalue weighted by molar-refractivity contribution is 4.96. The molecule has 1 saturated heterocycles. The van der Waals surface area contributed by atoms with Gasteiger partial charge >= 0.3 is 0 Å². The SMILES string of the molecule is COC1CCC(CN)(N(C)CC2CCN(C)C2)CC1. The lowest BCUT2D eigenvalue weighted by atomic mass is 9.78. The summed E-state index contributed by atoms with van der Waals surface area (Å²) in [6, 6.07) is 0. The zero-order valence-corrected chi connectivity index (χ0v) is 12.9. The van der Waals surface area contributed by atoms with E-state index in [1.165, 1.54) is 38.9 Å². The molecule has 0 aromatic carbocycles. The van der Waals surface area contributed by atoms with Crippen LogP contribution in [0.15, 0.2) is 0 Å². The van der Waals surface area contributed by atoms with Crippen molar-refractivity contribution in [3.05, 3.63) is 0 Å². The third-order valence-electron chi connectivity index (χ3n) is 5.41. The molecule has 1 aliphatic carbocycles. The molecule has 0 aromatic rings. The average molecular weight is 269 g/mol. The Morgan fingerprint density at radius 1 is 1.32 bits per heavy atom. The quantitative estimate of drug-likeness (QED) is 0.813. The Hall–Kier alpha value is -0.160.